The first-order chi connectivity index (χ1) is 15.4. The molecule has 33 heavy (non-hydrogen) atoms. The summed E-state index contributed by atoms with van der Waals surface area (Å²) in [6.07, 6.45) is 17.2. The Morgan fingerprint density at radius 1 is 0.515 bits per heavy atom. The molecule has 0 bridgehead atoms. The van der Waals surface area contributed by atoms with Gasteiger partial charge in [-0.25, -0.2) is 0 Å². The topological polar surface area (TPSA) is 6.48 Å². The minimum Gasteiger partial charge on any atom is -0.302 e. The smallest absolute Gasteiger partial charge is 0.0412 e. The third-order valence-electron chi connectivity index (χ3n) is 6.01. The molecule has 10 radical (unpaired) electrons. The summed E-state index contributed by atoms with van der Waals surface area (Å²) >= 11 is 0. The Labute approximate surface area is 214 Å². The number of nitrogens with zero attached hydrogens (tertiary/aromatic N) is 2. The molecule has 2 atom stereocenters. The van der Waals surface area contributed by atoms with E-state index in [4.69, 9.17) is 0 Å². The van der Waals surface area contributed by atoms with Crippen LogP contribution in [0.4, 0.5) is 0 Å². The van der Waals surface area contributed by atoms with Crippen LogP contribution in [0.25, 0.3) is 0 Å². The first kappa shape index (κ1) is 28.1. The average molecular weight is 480 g/mol. The van der Waals surface area contributed by atoms with E-state index in [0.29, 0.717) is 12.1 Å². The second-order valence-corrected chi connectivity index (χ2v) is 8.88. The second kappa shape index (κ2) is 13.7. The quantitative estimate of drug-likeness (QED) is 0.468. The van der Waals surface area contributed by atoms with Crippen LogP contribution in [0.2, 0.25) is 0 Å². The van der Waals surface area contributed by atoms with E-state index >= 15 is 0 Å². The fourth-order valence-corrected chi connectivity index (χ4v) is 4.44. The Kier molecular flexibility index (Phi) is 11.7. The number of rotatable bonds is 6. The number of benzene rings is 2. The molecule has 2 aliphatic rings. The first-order valence-electron chi connectivity index (χ1n) is 11.3. The Bertz CT molecular complexity index is 750. The Hall–Kier alpha value is -1.12. The maximum absolute atomic E-state index is 2.26. The van der Waals surface area contributed by atoms with Gasteiger partial charge in [-0.05, 0) is 116 Å². The van der Waals surface area contributed by atoms with Crippen molar-refractivity contribution in [2.45, 2.75) is 25.9 Å². The Balaban J connectivity index is 0.000000227. The first-order valence-corrected chi connectivity index (χ1v) is 11.3. The molecule has 2 aromatic rings. The van der Waals surface area contributed by atoms with Gasteiger partial charge in [0.15, 0.2) is 0 Å². The van der Waals surface area contributed by atoms with Crippen LogP contribution < -0.4 is 0 Å². The van der Waals surface area contributed by atoms with Crippen molar-refractivity contribution >= 4 is 0 Å². The van der Waals surface area contributed by atoms with Crippen LogP contribution in [0.5, 0.6) is 0 Å². The van der Waals surface area contributed by atoms with Gasteiger partial charge in [-0.15, -0.1) is 0 Å². The van der Waals surface area contributed by atoms with Crippen molar-refractivity contribution in [1.29, 1.82) is 0 Å². The van der Waals surface area contributed by atoms with Crippen molar-refractivity contribution in [2.75, 3.05) is 28.2 Å². The molecule has 0 heterocycles. The summed E-state index contributed by atoms with van der Waals surface area (Å²) in [7, 11) is 8.52. The number of hydrogen-bond donors (Lipinski definition) is 0. The SMILES string of the molecule is Cc1ccccc1[C@H]([C]1[CH][CH][CH][CH]1)N(C)C.Cc1ccccc1[C@H]([C]1[CH][CH][CH][CH]1)N(C)C.[Fe]. The summed E-state index contributed by atoms with van der Waals surface area (Å²) in [5.41, 5.74) is 5.47. The van der Waals surface area contributed by atoms with Gasteiger partial charge in [-0.3, -0.25) is 0 Å². The molecule has 3 heteroatoms. The monoisotopic (exact) mass is 480 g/mol. The minimum absolute atomic E-state index is 0. The van der Waals surface area contributed by atoms with E-state index in [9.17, 15) is 0 Å². The Morgan fingerprint density at radius 2 is 0.818 bits per heavy atom. The fourth-order valence-electron chi connectivity index (χ4n) is 4.44. The summed E-state index contributed by atoms with van der Waals surface area (Å²) in [4.78, 5) is 4.52. The molecule has 2 aliphatic carbocycles. The molecule has 0 unspecified atom stereocenters. The zero-order valence-electron chi connectivity index (χ0n) is 20.6. The average Bonchev–Trinajstić information content (AvgIpc) is 3.46. The van der Waals surface area contributed by atoms with Gasteiger partial charge in [0.25, 0.3) is 0 Å². The Morgan fingerprint density at radius 3 is 1.09 bits per heavy atom. The zero-order chi connectivity index (χ0) is 23.1. The van der Waals surface area contributed by atoms with Gasteiger partial charge < -0.3 is 9.80 Å². The van der Waals surface area contributed by atoms with Crippen molar-refractivity contribution < 1.29 is 17.1 Å². The molecule has 174 valence electrons. The van der Waals surface area contributed by atoms with Crippen LogP contribution in [0.1, 0.15) is 34.3 Å². The van der Waals surface area contributed by atoms with Gasteiger partial charge in [0.1, 0.15) is 0 Å². The van der Waals surface area contributed by atoms with Gasteiger partial charge >= 0.3 is 0 Å². The molecule has 0 N–H and O–H groups in total. The fraction of sp³-hybridized carbons (Fsp3) is 0.267. The summed E-state index contributed by atoms with van der Waals surface area (Å²) in [5.74, 6) is 2.72. The molecule has 4 rings (SSSR count). The zero-order valence-corrected chi connectivity index (χ0v) is 21.7. The third-order valence-corrected chi connectivity index (χ3v) is 6.01. The molecule has 0 spiro atoms. The molecule has 2 nitrogen and oxygen atoms in total. The standard InChI is InChI=1S/2C15H18N.Fe/c2*1-12-8-4-7-11-14(12)15(16(2)3)13-9-5-6-10-13;/h2*4-11,15H,1-3H3;/t2*15-;/m00./s1. The van der Waals surface area contributed by atoms with Crippen LogP contribution in [-0.4, -0.2) is 38.0 Å². The van der Waals surface area contributed by atoms with Crippen molar-refractivity contribution in [1.82, 2.24) is 9.80 Å². The van der Waals surface area contributed by atoms with Crippen molar-refractivity contribution in [3.8, 4) is 0 Å². The molecule has 0 aliphatic heterocycles. The molecule has 0 aromatic heterocycles. The predicted molar refractivity (Wildman–Crippen MR) is 136 cm³/mol. The van der Waals surface area contributed by atoms with E-state index in [0.717, 1.165) is 0 Å². The summed E-state index contributed by atoms with van der Waals surface area (Å²) < 4.78 is 0. The van der Waals surface area contributed by atoms with E-state index in [1.54, 1.807) is 0 Å². The molecular formula is C30H36FeN2. The van der Waals surface area contributed by atoms with Crippen molar-refractivity contribution in [3.05, 3.63) is 134 Å². The van der Waals surface area contributed by atoms with Gasteiger partial charge in [0.05, 0.1) is 0 Å². The maximum atomic E-state index is 2.26. The molecule has 2 saturated carbocycles. The van der Waals surface area contributed by atoms with Crippen LogP contribution in [0.15, 0.2) is 48.5 Å². The third kappa shape index (κ3) is 7.43. The van der Waals surface area contributed by atoms with Crippen LogP contribution in [0, 0.1) is 77.0 Å². The second-order valence-electron chi connectivity index (χ2n) is 8.88. The van der Waals surface area contributed by atoms with E-state index in [1.807, 2.05) is 0 Å². The molecule has 2 fully saturated rings. The molecule has 0 amide bonds. The van der Waals surface area contributed by atoms with E-state index in [-0.39, 0.29) is 17.1 Å². The van der Waals surface area contributed by atoms with E-state index in [2.05, 4.69) is 152 Å². The number of aryl methyl sites for hydroxylation is 2. The van der Waals surface area contributed by atoms with E-state index < -0.39 is 0 Å². The normalized spacial score (nSPS) is 18.7. The van der Waals surface area contributed by atoms with Gasteiger partial charge in [-0.1, -0.05) is 48.5 Å². The maximum Gasteiger partial charge on any atom is 0.0412 e. The van der Waals surface area contributed by atoms with Crippen molar-refractivity contribution in [3.63, 3.8) is 0 Å². The van der Waals surface area contributed by atoms with Crippen LogP contribution >= 0.6 is 0 Å². The summed E-state index contributed by atoms with van der Waals surface area (Å²) in [5, 5.41) is 0. The van der Waals surface area contributed by atoms with Crippen LogP contribution in [-0.2, 0) is 17.1 Å². The number of hydrogen-bond acceptors (Lipinski definition) is 2. The molecule has 0 saturated heterocycles. The predicted octanol–water partition coefficient (Wildman–Crippen LogP) is 6.00. The summed E-state index contributed by atoms with van der Waals surface area (Å²) in [6.45, 7) is 4.35. The van der Waals surface area contributed by atoms with Gasteiger partial charge in [0, 0.05) is 41.0 Å². The van der Waals surface area contributed by atoms with E-state index in [1.165, 1.54) is 34.1 Å². The largest absolute Gasteiger partial charge is 0.302 e. The molecule has 2 aromatic carbocycles. The van der Waals surface area contributed by atoms with Gasteiger partial charge in [-0.2, -0.15) is 0 Å². The van der Waals surface area contributed by atoms with Crippen molar-refractivity contribution in [2.24, 2.45) is 0 Å². The van der Waals surface area contributed by atoms with Crippen LogP contribution in [0.3, 0.4) is 0 Å². The van der Waals surface area contributed by atoms with Gasteiger partial charge in [0.2, 0.25) is 0 Å². The summed E-state index contributed by atoms with van der Waals surface area (Å²) in [6, 6.07) is 17.9. The molecular weight excluding hydrogens is 444 g/mol. The minimum atomic E-state index is 0.